The van der Waals surface area contributed by atoms with Crippen LogP contribution in [0.15, 0.2) is 24.3 Å². The first kappa shape index (κ1) is 18.4. The van der Waals surface area contributed by atoms with Gasteiger partial charge in [0.1, 0.15) is 0 Å². The predicted octanol–water partition coefficient (Wildman–Crippen LogP) is 3.58. The van der Waals surface area contributed by atoms with Gasteiger partial charge in [-0.25, -0.2) is 0 Å². The minimum atomic E-state index is -0.475. The Kier molecular flexibility index (Phi) is 7.63. The Morgan fingerprint density at radius 2 is 1.86 bits per heavy atom. The molecule has 0 aliphatic heterocycles. The molecule has 5 heteroatoms. The van der Waals surface area contributed by atoms with E-state index in [4.69, 9.17) is 5.73 Å². The van der Waals surface area contributed by atoms with E-state index in [1.54, 1.807) is 0 Å². The van der Waals surface area contributed by atoms with E-state index in [1.165, 1.54) is 11.8 Å². The Bertz CT molecular complexity index is 480. The van der Waals surface area contributed by atoms with Crippen LogP contribution in [0.25, 0.3) is 0 Å². The zero-order valence-electron chi connectivity index (χ0n) is 12.5. The molecule has 0 heterocycles. The maximum atomic E-state index is 11.8. The maximum absolute atomic E-state index is 11.8. The third-order valence-electron chi connectivity index (χ3n) is 2.99. The van der Waals surface area contributed by atoms with Crippen LogP contribution in [0.4, 0.5) is 0 Å². The van der Waals surface area contributed by atoms with Crippen molar-refractivity contribution in [3.05, 3.63) is 35.4 Å². The van der Waals surface area contributed by atoms with E-state index >= 15 is 0 Å². The Labute approximate surface area is 139 Å². The monoisotopic (exact) mass is 371 g/mol. The molecular formula is C16H22BrNO2S. The number of carbonyl (C=O) groups is 2. The molecule has 1 aromatic carbocycles. The molecule has 1 aromatic rings. The lowest BCUT2D eigenvalue weighted by Gasteiger charge is -2.13. The van der Waals surface area contributed by atoms with Gasteiger partial charge in [-0.1, -0.05) is 52.0 Å². The van der Waals surface area contributed by atoms with E-state index in [2.05, 4.69) is 15.9 Å². The first-order valence-electron chi connectivity index (χ1n) is 7.03. The Balaban J connectivity index is 2.45. The van der Waals surface area contributed by atoms with Crippen LogP contribution >= 0.6 is 27.7 Å². The van der Waals surface area contributed by atoms with Gasteiger partial charge >= 0.3 is 0 Å². The van der Waals surface area contributed by atoms with Gasteiger partial charge in [0, 0.05) is 17.7 Å². The van der Waals surface area contributed by atoms with E-state index in [1.807, 2.05) is 38.1 Å². The van der Waals surface area contributed by atoms with Crippen molar-refractivity contribution >= 4 is 38.6 Å². The third-order valence-corrected chi connectivity index (χ3v) is 4.80. The van der Waals surface area contributed by atoms with E-state index in [-0.39, 0.29) is 10.9 Å². The molecule has 3 nitrogen and oxygen atoms in total. The van der Waals surface area contributed by atoms with E-state index in [0.29, 0.717) is 13.0 Å². The molecule has 0 amide bonds. The van der Waals surface area contributed by atoms with Gasteiger partial charge in [0.15, 0.2) is 5.78 Å². The zero-order chi connectivity index (χ0) is 15.9. The minimum Gasteiger partial charge on any atom is -0.330 e. The Morgan fingerprint density at radius 3 is 2.38 bits per heavy atom. The Morgan fingerprint density at radius 1 is 1.24 bits per heavy atom. The highest BCUT2D eigenvalue weighted by Gasteiger charge is 2.23. The molecular weight excluding hydrogens is 350 g/mol. The van der Waals surface area contributed by atoms with Gasteiger partial charge in [0.05, 0.1) is 4.32 Å². The van der Waals surface area contributed by atoms with Crippen LogP contribution in [0.2, 0.25) is 0 Å². The number of hydrogen-bond donors (Lipinski definition) is 1. The van der Waals surface area contributed by atoms with E-state index in [9.17, 15) is 9.59 Å². The second-order valence-corrected chi connectivity index (χ2v) is 8.42. The highest BCUT2D eigenvalue weighted by Crippen LogP contribution is 2.24. The summed E-state index contributed by atoms with van der Waals surface area (Å²) in [6, 6.07) is 7.63. The average Bonchev–Trinajstić information content (AvgIpc) is 2.44. The molecule has 0 aliphatic rings. The van der Waals surface area contributed by atoms with Crippen LogP contribution in [-0.4, -0.2) is 27.5 Å². The summed E-state index contributed by atoms with van der Waals surface area (Å²) in [5.41, 5.74) is 7.27. The summed E-state index contributed by atoms with van der Waals surface area (Å²) < 4.78 is -0.475. The number of thioether (sulfide) groups is 1. The summed E-state index contributed by atoms with van der Waals surface area (Å²) >= 11 is 4.69. The summed E-state index contributed by atoms with van der Waals surface area (Å²) in [6.45, 7) is 4.24. The smallest absolute Gasteiger partial charge is 0.205 e. The summed E-state index contributed by atoms with van der Waals surface area (Å²) in [7, 11) is 0. The van der Waals surface area contributed by atoms with Gasteiger partial charge in [-0.3, -0.25) is 9.59 Å². The lowest BCUT2D eigenvalue weighted by molar-refractivity contribution is -0.112. The fourth-order valence-corrected chi connectivity index (χ4v) is 2.91. The molecule has 0 spiro atoms. The van der Waals surface area contributed by atoms with Crippen molar-refractivity contribution in [2.75, 3.05) is 12.3 Å². The lowest BCUT2D eigenvalue weighted by atomic mass is 10.0. The summed E-state index contributed by atoms with van der Waals surface area (Å²) in [5.74, 6) is 0.881. The van der Waals surface area contributed by atoms with Crippen molar-refractivity contribution in [3.63, 3.8) is 0 Å². The molecule has 116 valence electrons. The van der Waals surface area contributed by atoms with Crippen molar-refractivity contribution in [2.45, 2.75) is 37.4 Å². The van der Waals surface area contributed by atoms with Crippen LogP contribution < -0.4 is 5.73 Å². The summed E-state index contributed by atoms with van der Waals surface area (Å²) in [5, 5.41) is 0.135. The molecule has 2 N–H and O–H groups in total. The Hall–Kier alpha value is -0.650. The number of Topliss-reactive ketones (excluding diaryl/α,β-unsaturated/α-hetero) is 1. The van der Waals surface area contributed by atoms with Gasteiger partial charge in [-0.15, -0.1) is 0 Å². The van der Waals surface area contributed by atoms with Gasteiger partial charge in [-0.05, 0) is 38.8 Å². The highest BCUT2D eigenvalue weighted by molar-refractivity contribution is 9.10. The number of hydrogen-bond acceptors (Lipinski definition) is 4. The van der Waals surface area contributed by atoms with Gasteiger partial charge < -0.3 is 5.73 Å². The van der Waals surface area contributed by atoms with Crippen molar-refractivity contribution in [1.82, 2.24) is 0 Å². The summed E-state index contributed by atoms with van der Waals surface area (Å²) in [4.78, 5) is 23.6. The van der Waals surface area contributed by atoms with Crippen molar-refractivity contribution in [1.29, 1.82) is 0 Å². The van der Waals surface area contributed by atoms with Crippen LogP contribution in [-0.2, 0) is 11.2 Å². The zero-order valence-corrected chi connectivity index (χ0v) is 14.9. The van der Waals surface area contributed by atoms with Crippen LogP contribution in [0.3, 0.4) is 0 Å². The number of benzene rings is 1. The van der Waals surface area contributed by atoms with Crippen molar-refractivity contribution in [2.24, 2.45) is 5.73 Å². The lowest BCUT2D eigenvalue weighted by Crippen LogP contribution is -2.21. The maximum Gasteiger partial charge on any atom is 0.205 e. The van der Waals surface area contributed by atoms with Gasteiger partial charge in [-0.2, -0.15) is 0 Å². The fraction of sp³-hybridized carbons (Fsp3) is 0.500. The quantitative estimate of drug-likeness (QED) is 0.560. The topological polar surface area (TPSA) is 60.2 Å². The standard InChI is InChI=1S/C16H22BrNO2S/c1-16(2,17)15(20)21-11-9-12-5-7-13(8-6-12)14(19)4-3-10-18/h5-8H,3-4,9-11,18H2,1-2H3. The molecule has 21 heavy (non-hydrogen) atoms. The molecule has 1 rings (SSSR count). The minimum absolute atomic E-state index is 0.135. The van der Waals surface area contributed by atoms with E-state index in [0.717, 1.165) is 29.7 Å². The molecule has 0 radical (unpaired) electrons. The van der Waals surface area contributed by atoms with Crippen molar-refractivity contribution in [3.8, 4) is 0 Å². The number of carbonyl (C=O) groups excluding carboxylic acids is 2. The van der Waals surface area contributed by atoms with Crippen molar-refractivity contribution < 1.29 is 9.59 Å². The van der Waals surface area contributed by atoms with Crippen LogP contribution in [0, 0.1) is 0 Å². The first-order valence-corrected chi connectivity index (χ1v) is 8.81. The second-order valence-electron chi connectivity index (χ2n) is 5.37. The molecule has 0 bridgehead atoms. The normalized spacial score (nSPS) is 11.4. The molecule has 0 fully saturated rings. The number of alkyl halides is 1. The molecule has 0 saturated heterocycles. The average molecular weight is 372 g/mol. The van der Waals surface area contributed by atoms with Crippen LogP contribution in [0.5, 0.6) is 0 Å². The number of aryl methyl sites for hydroxylation is 1. The summed E-state index contributed by atoms with van der Waals surface area (Å²) in [6.07, 6.45) is 2.04. The second kappa shape index (κ2) is 8.71. The predicted molar refractivity (Wildman–Crippen MR) is 93.2 cm³/mol. The van der Waals surface area contributed by atoms with Gasteiger partial charge in [0.2, 0.25) is 5.12 Å². The molecule has 0 atom stereocenters. The number of rotatable bonds is 8. The fourth-order valence-electron chi connectivity index (χ4n) is 1.70. The molecule has 0 aromatic heterocycles. The number of halogens is 1. The third kappa shape index (κ3) is 6.76. The highest BCUT2D eigenvalue weighted by atomic mass is 79.9. The first-order chi connectivity index (χ1) is 9.84. The number of ketones is 1. The molecule has 0 saturated carbocycles. The SMILES string of the molecule is CC(C)(Br)C(=O)SCCc1ccc(C(=O)CCCN)cc1. The van der Waals surface area contributed by atoms with Gasteiger partial charge in [0.25, 0.3) is 0 Å². The largest absolute Gasteiger partial charge is 0.330 e. The van der Waals surface area contributed by atoms with Crippen LogP contribution in [0.1, 0.15) is 42.6 Å². The van der Waals surface area contributed by atoms with E-state index < -0.39 is 4.32 Å². The molecule has 0 aliphatic carbocycles. The molecule has 0 unspecified atom stereocenters. The number of nitrogens with two attached hydrogens (primary N) is 1.